The summed E-state index contributed by atoms with van der Waals surface area (Å²) in [5.41, 5.74) is 6.78. The second kappa shape index (κ2) is 6.91. The summed E-state index contributed by atoms with van der Waals surface area (Å²) in [4.78, 5) is 12.2. The minimum Gasteiger partial charge on any atom is -0.397 e. The lowest BCUT2D eigenvalue weighted by atomic mass is 10.2. The SMILES string of the molecule is CCNC(=O)c1sc(NCc2cc(Br)ccc2F)cc1N. The highest BCUT2D eigenvalue weighted by molar-refractivity contribution is 9.10. The van der Waals surface area contributed by atoms with E-state index in [1.54, 1.807) is 18.2 Å². The topological polar surface area (TPSA) is 67.2 Å². The summed E-state index contributed by atoms with van der Waals surface area (Å²) < 4.78 is 14.5. The Bertz CT molecular complexity index is 660. The van der Waals surface area contributed by atoms with Gasteiger partial charge in [-0.1, -0.05) is 15.9 Å². The monoisotopic (exact) mass is 371 g/mol. The number of hydrogen-bond acceptors (Lipinski definition) is 4. The van der Waals surface area contributed by atoms with E-state index >= 15 is 0 Å². The van der Waals surface area contributed by atoms with Gasteiger partial charge in [0.05, 0.1) is 10.7 Å². The number of thiophene rings is 1. The minimum absolute atomic E-state index is 0.193. The number of hydrogen-bond donors (Lipinski definition) is 3. The molecule has 1 heterocycles. The molecule has 112 valence electrons. The zero-order valence-corrected chi connectivity index (χ0v) is 13.8. The van der Waals surface area contributed by atoms with Crippen LogP contribution in [-0.2, 0) is 6.54 Å². The van der Waals surface area contributed by atoms with E-state index in [1.165, 1.54) is 17.4 Å². The average molecular weight is 372 g/mol. The molecule has 0 atom stereocenters. The molecule has 1 aromatic carbocycles. The number of amides is 1. The van der Waals surface area contributed by atoms with E-state index in [4.69, 9.17) is 5.73 Å². The average Bonchev–Trinajstić information content (AvgIpc) is 2.81. The Balaban J connectivity index is 2.09. The lowest BCUT2D eigenvalue weighted by Gasteiger charge is -2.05. The molecule has 0 aliphatic carbocycles. The fourth-order valence-corrected chi connectivity index (χ4v) is 3.07. The van der Waals surface area contributed by atoms with Crippen LogP contribution in [0, 0.1) is 5.82 Å². The van der Waals surface area contributed by atoms with Crippen molar-refractivity contribution in [3.63, 3.8) is 0 Å². The van der Waals surface area contributed by atoms with Crippen LogP contribution in [0.15, 0.2) is 28.7 Å². The van der Waals surface area contributed by atoms with Crippen LogP contribution < -0.4 is 16.4 Å². The molecule has 0 fully saturated rings. The molecule has 1 aromatic heterocycles. The number of nitrogen functional groups attached to an aromatic ring is 1. The van der Waals surface area contributed by atoms with Crippen LogP contribution in [0.5, 0.6) is 0 Å². The summed E-state index contributed by atoms with van der Waals surface area (Å²) in [6, 6.07) is 6.45. The van der Waals surface area contributed by atoms with Gasteiger partial charge in [-0.3, -0.25) is 4.79 Å². The van der Waals surface area contributed by atoms with Gasteiger partial charge in [-0.05, 0) is 31.2 Å². The van der Waals surface area contributed by atoms with Gasteiger partial charge in [0, 0.05) is 23.1 Å². The molecule has 0 saturated carbocycles. The molecule has 7 heteroatoms. The summed E-state index contributed by atoms with van der Waals surface area (Å²) in [6.45, 7) is 2.71. The lowest BCUT2D eigenvalue weighted by molar-refractivity contribution is 0.0960. The molecule has 4 N–H and O–H groups in total. The van der Waals surface area contributed by atoms with Crippen LogP contribution in [0.1, 0.15) is 22.2 Å². The largest absolute Gasteiger partial charge is 0.397 e. The first-order chi connectivity index (χ1) is 10.0. The third kappa shape index (κ3) is 3.95. The predicted octanol–water partition coefficient (Wildman–Crippen LogP) is 3.59. The Hall–Kier alpha value is -1.60. The maximum Gasteiger partial charge on any atom is 0.263 e. The van der Waals surface area contributed by atoms with Crippen molar-refractivity contribution >= 4 is 43.9 Å². The molecule has 2 aromatic rings. The molecule has 2 rings (SSSR count). The number of anilines is 2. The second-order valence-corrected chi connectivity index (χ2v) is 6.31. The van der Waals surface area contributed by atoms with Crippen LogP contribution in [-0.4, -0.2) is 12.5 Å². The third-order valence-electron chi connectivity index (χ3n) is 2.77. The van der Waals surface area contributed by atoms with Crippen molar-refractivity contribution < 1.29 is 9.18 Å². The molecule has 0 radical (unpaired) electrons. The highest BCUT2D eigenvalue weighted by atomic mass is 79.9. The standard InChI is InChI=1S/C14H15BrFN3OS/c1-2-18-14(20)13-11(17)6-12(21-13)19-7-8-5-9(15)3-4-10(8)16/h3-6,19H,2,7,17H2,1H3,(H,18,20). The van der Waals surface area contributed by atoms with Crippen molar-refractivity contribution in [2.24, 2.45) is 0 Å². The predicted molar refractivity (Wildman–Crippen MR) is 88.2 cm³/mol. The van der Waals surface area contributed by atoms with Crippen molar-refractivity contribution in [3.8, 4) is 0 Å². The van der Waals surface area contributed by atoms with Gasteiger partial charge in [0.15, 0.2) is 0 Å². The van der Waals surface area contributed by atoms with Gasteiger partial charge >= 0.3 is 0 Å². The van der Waals surface area contributed by atoms with E-state index in [1.807, 2.05) is 6.92 Å². The van der Waals surface area contributed by atoms with Crippen molar-refractivity contribution in [2.75, 3.05) is 17.6 Å². The van der Waals surface area contributed by atoms with E-state index in [0.29, 0.717) is 29.2 Å². The first-order valence-corrected chi connectivity index (χ1v) is 7.97. The van der Waals surface area contributed by atoms with Crippen LogP contribution >= 0.6 is 27.3 Å². The molecule has 0 saturated heterocycles. The van der Waals surface area contributed by atoms with Crippen LogP contribution in [0.25, 0.3) is 0 Å². The van der Waals surface area contributed by atoms with Crippen LogP contribution in [0.4, 0.5) is 15.1 Å². The molecule has 21 heavy (non-hydrogen) atoms. The second-order valence-electron chi connectivity index (χ2n) is 4.34. The smallest absolute Gasteiger partial charge is 0.263 e. The molecule has 0 spiro atoms. The molecule has 4 nitrogen and oxygen atoms in total. The molecule has 0 unspecified atom stereocenters. The number of rotatable bonds is 5. The van der Waals surface area contributed by atoms with Gasteiger partial charge in [0.2, 0.25) is 0 Å². The molecule has 0 aliphatic rings. The number of carbonyl (C=O) groups excluding carboxylic acids is 1. The number of benzene rings is 1. The summed E-state index contributed by atoms with van der Waals surface area (Å²) >= 11 is 4.56. The molecule has 1 amide bonds. The van der Waals surface area contributed by atoms with Gasteiger partial charge < -0.3 is 16.4 Å². The van der Waals surface area contributed by atoms with Crippen molar-refractivity contribution in [3.05, 3.63) is 45.0 Å². The van der Waals surface area contributed by atoms with Crippen molar-refractivity contribution in [1.82, 2.24) is 5.32 Å². The van der Waals surface area contributed by atoms with Crippen LogP contribution in [0.3, 0.4) is 0 Å². The highest BCUT2D eigenvalue weighted by Crippen LogP contribution is 2.29. The van der Waals surface area contributed by atoms with E-state index < -0.39 is 0 Å². The van der Waals surface area contributed by atoms with E-state index in [0.717, 1.165) is 9.47 Å². The van der Waals surface area contributed by atoms with Gasteiger partial charge in [-0.15, -0.1) is 11.3 Å². The maximum atomic E-state index is 13.6. The molecular formula is C14H15BrFN3OS. The van der Waals surface area contributed by atoms with Crippen LogP contribution in [0.2, 0.25) is 0 Å². The molecule has 0 bridgehead atoms. The summed E-state index contributed by atoms with van der Waals surface area (Å²) in [5.74, 6) is -0.471. The zero-order valence-electron chi connectivity index (χ0n) is 11.4. The normalized spacial score (nSPS) is 10.4. The molecule has 0 aliphatic heterocycles. The van der Waals surface area contributed by atoms with Gasteiger partial charge in [-0.25, -0.2) is 4.39 Å². The number of halogens is 2. The van der Waals surface area contributed by atoms with Gasteiger partial charge in [0.1, 0.15) is 10.7 Å². The Labute approximate surface area is 134 Å². The Morgan fingerprint density at radius 1 is 1.43 bits per heavy atom. The highest BCUT2D eigenvalue weighted by Gasteiger charge is 2.13. The minimum atomic E-state index is -0.279. The Kier molecular flexibility index (Phi) is 5.19. The number of nitrogens with two attached hydrogens (primary N) is 1. The van der Waals surface area contributed by atoms with E-state index in [9.17, 15) is 9.18 Å². The Morgan fingerprint density at radius 3 is 2.90 bits per heavy atom. The van der Waals surface area contributed by atoms with E-state index in [2.05, 4.69) is 26.6 Å². The first kappa shape index (κ1) is 15.8. The maximum absolute atomic E-state index is 13.6. The Morgan fingerprint density at radius 2 is 2.19 bits per heavy atom. The van der Waals surface area contributed by atoms with Crippen molar-refractivity contribution in [2.45, 2.75) is 13.5 Å². The zero-order chi connectivity index (χ0) is 15.4. The number of carbonyl (C=O) groups is 1. The lowest BCUT2D eigenvalue weighted by Crippen LogP contribution is -2.22. The number of nitrogens with one attached hydrogen (secondary N) is 2. The van der Waals surface area contributed by atoms with Gasteiger partial charge in [0.25, 0.3) is 5.91 Å². The van der Waals surface area contributed by atoms with E-state index in [-0.39, 0.29) is 11.7 Å². The fraction of sp³-hybridized carbons (Fsp3) is 0.214. The molecular weight excluding hydrogens is 357 g/mol. The third-order valence-corrected chi connectivity index (χ3v) is 4.37. The van der Waals surface area contributed by atoms with Gasteiger partial charge in [-0.2, -0.15) is 0 Å². The van der Waals surface area contributed by atoms with Crippen molar-refractivity contribution in [1.29, 1.82) is 0 Å². The summed E-state index contributed by atoms with van der Waals surface area (Å²) in [7, 11) is 0. The summed E-state index contributed by atoms with van der Waals surface area (Å²) in [6.07, 6.45) is 0. The first-order valence-electron chi connectivity index (χ1n) is 6.36. The summed E-state index contributed by atoms with van der Waals surface area (Å²) in [5, 5.41) is 6.52. The fourth-order valence-electron chi connectivity index (χ4n) is 1.77. The quantitative estimate of drug-likeness (QED) is 0.752.